The molecule has 0 aromatic carbocycles. The number of nitrogens with two attached hydrogens (primary N) is 1. The summed E-state index contributed by atoms with van der Waals surface area (Å²) in [5, 5.41) is 0. The lowest BCUT2D eigenvalue weighted by Crippen LogP contribution is -2.39. The third kappa shape index (κ3) is 3.10. The lowest BCUT2D eigenvalue weighted by Gasteiger charge is -2.27. The Hall–Kier alpha value is -1.49. The van der Waals surface area contributed by atoms with Gasteiger partial charge in [0.25, 0.3) is 5.91 Å². The molecule has 1 saturated carbocycles. The van der Waals surface area contributed by atoms with Crippen molar-refractivity contribution in [2.45, 2.75) is 38.6 Å². The van der Waals surface area contributed by atoms with E-state index in [0.29, 0.717) is 22.3 Å². The molecule has 1 aliphatic carbocycles. The summed E-state index contributed by atoms with van der Waals surface area (Å²) in [6, 6.07) is 3.83. The van der Waals surface area contributed by atoms with Crippen LogP contribution in [0.3, 0.4) is 0 Å². The van der Waals surface area contributed by atoms with Crippen LogP contribution in [-0.2, 0) is 0 Å². The zero-order chi connectivity index (χ0) is 13.8. The van der Waals surface area contributed by atoms with Crippen molar-refractivity contribution in [1.29, 1.82) is 0 Å². The number of rotatable bonds is 4. The smallest absolute Gasteiger partial charge is 0.272 e. The normalized spacial score (nSPS) is 15.4. The molecule has 1 aromatic rings. The highest BCUT2D eigenvalue weighted by atomic mass is 32.1. The monoisotopic (exact) mass is 277 g/mol. The first kappa shape index (κ1) is 13.9. The number of amides is 1. The van der Waals surface area contributed by atoms with Gasteiger partial charge in [0, 0.05) is 24.3 Å². The highest BCUT2D eigenvalue weighted by Crippen LogP contribution is 2.24. The van der Waals surface area contributed by atoms with E-state index in [0.717, 1.165) is 19.4 Å². The largest absolute Gasteiger partial charge is 0.389 e. The van der Waals surface area contributed by atoms with Gasteiger partial charge in [-0.1, -0.05) is 25.1 Å². The number of thiocarbonyl (C=S) groups is 1. The minimum Gasteiger partial charge on any atom is -0.389 e. The summed E-state index contributed by atoms with van der Waals surface area (Å²) in [6.45, 7) is 2.74. The molecule has 19 heavy (non-hydrogen) atoms. The van der Waals surface area contributed by atoms with Gasteiger partial charge in [0.15, 0.2) is 0 Å². The van der Waals surface area contributed by atoms with Gasteiger partial charge >= 0.3 is 0 Å². The van der Waals surface area contributed by atoms with E-state index >= 15 is 0 Å². The van der Waals surface area contributed by atoms with Crippen LogP contribution in [0.4, 0.5) is 0 Å². The van der Waals surface area contributed by atoms with E-state index in [4.69, 9.17) is 18.0 Å². The zero-order valence-electron chi connectivity index (χ0n) is 11.1. The third-order valence-corrected chi connectivity index (χ3v) is 3.87. The molecule has 0 spiro atoms. The van der Waals surface area contributed by atoms with E-state index in [1.54, 1.807) is 18.3 Å². The van der Waals surface area contributed by atoms with Crippen molar-refractivity contribution in [2.75, 3.05) is 6.54 Å². The first-order chi connectivity index (χ1) is 9.13. The van der Waals surface area contributed by atoms with Crippen LogP contribution in [0.15, 0.2) is 18.3 Å². The molecule has 2 rings (SSSR count). The molecule has 0 saturated heterocycles. The summed E-state index contributed by atoms with van der Waals surface area (Å²) in [5.41, 5.74) is 6.68. The number of pyridine rings is 1. The second-order valence-electron chi connectivity index (χ2n) is 4.83. The van der Waals surface area contributed by atoms with Crippen molar-refractivity contribution in [3.63, 3.8) is 0 Å². The fraction of sp³-hybridized carbons (Fsp3) is 0.500. The highest BCUT2D eigenvalue weighted by Gasteiger charge is 2.26. The van der Waals surface area contributed by atoms with Crippen LogP contribution >= 0.6 is 12.2 Å². The Morgan fingerprint density at radius 3 is 2.63 bits per heavy atom. The van der Waals surface area contributed by atoms with Gasteiger partial charge in [-0.15, -0.1) is 0 Å². The van der Waals surface area contributed by atoms with Crippen LogP contribution in [-0.4, -0.2) is 33.4 Å². The molecule has 1 heterocycles. The first-order valence-electron chi connectivity index (χ1n) is 6.70. The lowest BCUT2D eigenvalue weighted by atomic mass is 10.2. The molecule has 1 aromatic heterocycles. The average Bonchev–Trinajstić information content (AvgIpc) is 2.93. The Labute approximate surface area is 119 Å². The number of nitrogens with zero attached hydrogens (tertiary/aromatic N) is 2. The van der Waals surface area contributed by atoms with E-state index in [-0.39, 0.29) is 5.91 Å². The average molecular weight is 277 g/mol. The summed E-state index contributed by atoms with van der Waals surface area (Å²) < 4.78 is 0. The molecule has 0 atom stereocenters. The van der Waals surface area contributed by atoms with Crippen molar-refractivity contribution in [3.8, 4) is 0 Å². The predicted molar refractivity (Wildman–Crippen MR) is 79.1 cm³/mol. The summed E-state index contributed by atoms with van der Waals surface area (Å²) in [5.74, 6) is 0.00360. The Balaban J connectivity index is 2.14. The topological polar surface area (TPSA) is 59.2 Å². The molecule has 102 valence electrons. The summed E-state index contributed by atoms with van der Waals surface area (Å²) >= 11 is 4.88. The van der Waals surface area contributed by atoms with E-state index in [1.807, 2.05) is 11.8 Å². The maximum atomic E-state index is 12.4. The number of carbonyl (C=O) groups is 1. The molecular formula is C14H19N3OS. The Morgan fingerprint density at radius 2 is 2.16 bits per heavy atom. The van der Waals surface area contributed by atoms with Crippen molar-refractivity contribution < 1.29 is 4.79 Å². The Bertz CT molecular complexity index is 466. The van der Waals surface area contributed by atoms with E-state index in [9.17, 15) is 4.79 Å². The Kier molecular flexibility index (Phi) is 4.47. The van der Waals surface area contributed by atoms with Crippen molar-refractivity contribution in [2.24, 2.45) is 5.73 Å². The van der Waals surface area contributed by atoms with Crippen LogP contribution in [0, 0.1) is 0 Å². The fourth-order valence-electron chi connectivity index (χ4n) is 2.60. The molecular weight excluding hydrogens is 258 g/mol. The quantitative estimate of drug-likeness (QED) is 0.856. The van der Waals surface area contributed by atoms with Gasteiger partial charge in [-0.25, -0.2) is 0 Å². The standard InChI is InChI=1S/C14H19N3OS/c1-2-17(11-5-3-4-6-11)14(18)12-8-7-10(9-16-12)13(15)19/h7-9,11H,2-6H2,1H3,(H2,15,19). The number of hydrogen-bond acceptors (Lipinski definition) is 3. The van der Waals surface area contributed by atoms with Gasteiger partial charge < -0.3 is 10.6 Å². The maximum absolute atomic E-state index is 12.4. The molecule has 4 nitrogen and oxygen atoms in total. The SMILES string of the molecule is CCN(C(=O)c1ccc(C(N)=S)cn1)C1CCCC1. The van der Waals surface area contributed by atoms with Crippen molar-refractivity contribution >= 4 is 23.1 Å². The molecule has 5 heteroatoms. The summed E-state index contributed by atoms with van der Waals surface area (Å²) in [7, 11) is 0. The third-order valence-electron chi connectivity index (χ3n) is 3.63. The van der Waals surface area contributed by atoms with Gasteiger partial charge in [-0.3, -0.25) is 9.78 Å². The van der Waals surface area contributed by atoms with Crippen LogP contribution < -0.4 is 5.73 Å². The summed E-state index contributed by atoms with van der Waals surface area (Å²) in [6.07, 6.45) is 6.19. The first-order valence-corrected chi connectivity index (χ1v) is 7.11. The molecule has 0 radical (unpaired) electrons. The van der Waals surface area contributed by atoms with Gasteiger partial charge in [0.05, 0.1) is 0 Å². The van der Waals surface area contributed by atoms with E-state index in [1.165, 1.54) is 12.8 Å². The molecule has 0 bridgehead atoms. The van der Waals surface area contributed by atoms with Crippen molar-refractivity contribution in [3.05, 3.63) is 29.6 Å². The van der Waals surface area contributed by atoms with Gasteiger partial charge in [0.2, 0.25) is 0 Å². The van der Waals surface area contributed by atoms with Crippen LogP contribution in [0.5, 0.6) is 0 Å². The van der Waals surface area contributed by atoms with Gasteiger partial charge in [0.1, 0.15) is 10.7 Å². The minimum absolute atomic E-state index is 0.00360. The summed E-state index contributed by atoms with van der Waals surface area (Å²) in [4.78, 5) is 18.9. The lowest BCUT2D eigenvalue weighted by molar-refractivity contribution is 0.0687. The zero-order valence-corrected chi connectivity index (χ0v) is 11.9. The minimum atomic E-state index is 0.00360. The number of carbonyl (C=O) groups excluding carboxylic acids is 1. The van der Waals surface area contributed by atoms with Crippen molar-refractivity contribution in [1.82, 2.24) is 9.88 Å². The molecule has 0 unspecified atom stereocenters. The second-order valence-corrected chi connectivity index (χ2v) is 5.27. The number of aromatic nitrogens is 1. The van der Waals surface area contributed by atoms with E-state index < -0.39 is 0 Å². The maximum Gasteiger partial charge on any atom is 0.272 e. The highest BCUT2D eigenvalue weighted by molar-refractivity contribution is 7.80. The van der Waals surface area contributed by atoms with Gasteiger partial charge in [-0.2, -0.15) is 0 Å². The van der Waals surface area contributed by atoms with Crippen LogP contribution in [0.1, 0.15) is 48.7 Å². The second kappa shape index (κ2) is 6.10. The molecule has 1 amide bonds. The van der Waals surface area contributed by atoms with Crippen LogP contribution in [0.25, 0.3) is 0 Å². The fourth-order valence-corrected chi connectivity index (χ4v) is 2.72. The van der Waals surface area contributed by atoms with E-state index in [2.05, 4.69) is 4.98 Å². The molecule has 2 N–H and O–H groups in total. The molecule has 0 aliphatic heterocycles. The van der Waals surface area contributed by atoms with Crippen LogP contribution in [0.2, 0.25) is 0 Å². The predicted octanol–water partition coefficient (Wildman–Crippen LogP) is 2.12. The molecule has 1 aliphatic rings. The molecule has 1 fully saturated rings. The van der Waals surface area contributed by atoms with Gasteiger partial charge in [-0.05, 0) is 31.9 Å². The Morgan fingerprint density at radius 1 is 1.47 bits per heavy atom. The number of hydrogen-bond donors (Lipinski definition) is 1.